The largest absolute Gasteiger partial charge is 0.450 e. The summed E-state index contributed by atoms with van der Waals surface area (Å²) in [5, 5.41) is 4.34. The van der Waals surface area contributed by atoms with E-state index >= 15 is 0 Å². The lowest BCUT2D eigenvalue weighted by atomic mass is 9.98. The number of fused-ring (bicyclic) bond motifs is 2. The van der Waals surface area contributed by atoms with E-state index in [-0.39, 0.29) is 40.6 Å². The van der Waals surface area contributed by atoms with Crippen molar-refractivity contribution in [2.45, 2.75) is 17.9 Å². The van der Waals surface area contributed by atoms with Crippen molar-refractivity contribution in [2.75, 3.05) is 31.2 Å². The van der Waals surface area contributed by atoms with Gasteiger partial charge in [-0.05, 0) is 36.8 Å². The molecule has 1 saturated heterocycles. The summed E-state index contributed by atoms with van der Waals surface area (Å²) >= 11 is 0. The third kappa shape index (κ3) is 3.47. The van der Waals surface area contributed by atoms with E-state index in [0.29, 0.717) is 35.5 Å². The molecule has 2 aliphatic heterocycles. The maximum absolute atomic E-state index is 13.6. The maximum atomic E-state index is 13.6. The van der Waals surface area contributed by atoms with E-state index in [4.69, 9.17) is 13.7 Å². The van der Waals surface area contributed by atoms with Crippen LogP contribution < -0.4 is 10.3 Å². The third-order valence-corrected chi connectivity index (χ3v) is 8.36. The van der Waals surface area contributed by atoms with Crippen molar-refractivity contribution >= 4 is 32.7 Å². The van der Waals surface area contributed by atoms with Gasteiger partial charge in [0.1, 0.15) is 11.3 Å². The van der Waals surface area contributed by atoms with Crippen LogP contribution in [0.4, 0.5) is 5.82 Å². The van der Waals surface area contributed by atoms with Crippen molar-refractivity contribution in [1.82, 2.24) is 9.46 Å². The summed E-state index contributed by atoms with van der Waals surface area (Å²) in [7, 11) is -3.71. The van der Waals surface area contributed by atoms with Gasteiger partial charge < -0.3 is 13.7 Å². The van der Waals surface area contributed by atoms with Gasteiger partial charge in [-0.2, -0.15) is 4.31 Å². The predicted octanol–water partition coefficient (Wildman–Crippen LogP) is 2.86. The zero-order valence-corrected chi connectivity index (χ0v) is 20.0. The molecule has 0 radical (unpaired) electrons. The monoisotopic (exact) mass is 507 g/mol. The first kappa shape index (κ1) is 22.7. The van der Waals surface area contributed by atoms with Gasteiger partial charge >= 0.3 is 0 Å². The van der Waals surface area contributed by atoms with Crippen LogP contribution in [0, 0.1) is 6.92 Å². The number of anilines is 1. The predicted molar refractivity (Wildman–Crippen MR) is 128 cm³/mol. The van der Waals surface area contributed by atoms with Gasteiger partial charge in [-0.1, -0.05) is 29.4 Å². The van der Waals surface area contributed by atoms with Gasteiger partial charge in [0.2, 0.25) is 15.8 Å². The summed E-state index contributed by atoms with van der Waals surface area (Å²) in [6, 6.07) is 13.6. The first-order valence-corrected chi connectivity index (χ1v) is 12.8. The minimum Gasteiger partial charge on any atom is -0.450 e. The first-order chi connectivity index (χ1) is 17.4. The average molecular weight is 508 g/mol. The maximum Gasteiger partial charge on any atom is 0.296 e. The number of nitrogens with zero attached hydrogens (tertiary/aromatic N) is 3. The summed E-state index contributed by atoms with van der Waals surface area (Å²) in [6.45, 7) is 2.94. The second kappa shape index (κ2) is 8.40. The van der Waals surface area contributed by atoms with Crippen molar-refractivity contribution in [3.63, 3.8) is 0 Å². The highest BCUT2D eigenvalue weighted by atomic mass is 32.2. The molecule has 1 fully saturated rings. The number of benzene rings is 2. The molecule has 4 heterocycles. The van der Waals surface area contributed by atoms with E-state index in [9.17, 15) is 18.0 Å². The molecule has 1 amide bonds. The summed E-state index contributed by atoms with van der Waals surface area (Å²) in [4.78, 5) is 28.5. The number of ether oxygens (including phenoxy) is 1. The minimum atomic E-state index is -3.71. The zero-order valence-electron chi connectivity index (χ0n) is 19.2. The molecule has 36 heavy (non-hydrogen) atoms. The second-order valence-corrected chi connectivity index (χ2v) is 10.6. The fourth-order valence-electron chi connectivity index (χ4n) is 4.70. The van der Waals surface area contributed by atoms with Crippen molar-refractivity contribution < 1.29 is 26.9 Å². The summed E-state index contributed by atoms with van der Waals surface area (Å²) < 4.78 is 43.9. The van der Waals surface area contributed by atoms with Crippen molar-refractivity contribution in [2.24, 2.45) is 0 Å². The van der Waals surface area contributed by atoms with E-state index in [0.717, 1.165) is 0 Å². The van der Waals surface area contributed by atoms with Crippen LogP contribution >= 0.6 is 0 Å². The van der Waals surface area contributed by atoms with Gasteiger partial charge in [-0.15, -0.1) is 0 Å². The molecule has 2 aromatic heterocycles. The summed E-state index contributed by atoms with van der Waals surface area (Å²) in [6.07, 6.45) is 0. The number of aryl methyl sites for hydroxylation is 1. The number of sulfonamides is 1. The number of carbonyl (C=O) groups excluding carboxylic acids is 1. The Morgan fingerprint density at radius 3 is 2.42 bits per heavy atom. The fourth-order valence-corrected chi connectivity index (χ4v) is 6.10. The molecule has 1 unspecified atom stereocenters. The molecule has 2 aliphatic rings. The average Bonchev–Trinajstić information content (AvgIpc) is 3.45. The lowest BCUT2D eigenvalue weighted by Crippen LogP contribution is -2.40. The number of para-hydroxylation sites is 1. The Morgan fingerprint density at radius 1 is 1.00 bits per heavy atom. The molecule has 11 heteroatoms. The molecule has 2 aromatic carbocycles. The van der Waals surface area contributed by atoms with Crippen LogP contribution in [0.5, 0.6) is 0 Å². The molecule has 4 aromatic rings. The SMILES string of the molecule is Cc1cc(N2C(=O)c3oc4ccccc4c(=O)c3C2c2ccc(S(=O)(=O)N3CCOCC3)cc2)no1. The van der Waals surface area contributed by atoms with Crippen LogP contribution in [0.3, 0.4) is 0 Å². The lowest BCUT2D eigenvalue weighted by Gasteiger charge is -2.26. The quantitative estimate of drug-likeness (QED) is 0.413. The Balaban J connectivity index is 1.49. The van der Waals surface area contributed by atoms with Gasteiger partial charge in [-0.25, -0.2) is 8.42 Å². The van der Waals surface area contributed by atoms with Crippen LogP contribution in [0.25, 0.3) is 11.0 Å². The van der Waals surface area contributed by atoms with Gasteiger partial charge in [-0.3, -0.25) is 14.5 Å². The van der Waals surface area contributed by atoms with Crippen LogP contribution in [0.1, 0.15) is 33.5 Å². The number of amides is 1. The number of hydrogen-bond donors (Lipinski definition) is 0. The highest BCUT2D eigenvalue weighted by Gasteiger charge is 2.45. The Morgan fingerprint density at radius 2 is 1.72 bits per heavy atom. The Hall–Kier alpha value is -3.80. The van der Waals surface area contributed by atoms with Gasteiger partial charge in [0, 0.05) is 19.2 Å². The van der Waals surface area contributed by atoms with Crippen LogP contribution in [-0.2, 0) is 14.8 Å². The molecule has 1 atom stereocenters. The fraction of sp³-hybridized carbons (Fsp3) is 0.240. The van der Waals surface area contributed by atoms with E-state index < -0.39 is 22.0 Å². The number of rotatable bonds is 4. The van der Waals surface area contributed by atoms with Gasteiger partial charge in [0.15, 0.2) is 11.2 Å². The smallest absolute Gasteiger partial charge is 0.296 e. The first-order valence-electron chi connectivity index (χ1n) is 11.4. The second-order valence-electron chi connectivity index (χ2n) is 8.63. The molecular weight excluding hydrogens is 486 g/mol. The Labute approximate surface area is 205 Å². The topological polar surface area (TPSA) is 123 Å². The van der Waals surface area contributed by atoms with Gasteiger partial charge in [0.25, 0.3) is 5.91 Å². The number of morpholine rings is 1. The highest BCUT2D eigenvalue weighted by molar-refractivity contribution is 7.89. The summed E-state index contributed by atoms with van der Waals surface area (Å²) in [5.74, 6) is 0.108. The minimum absolute atomic E-state index is 0.0747. The van der Waals surface area contributed by atoms with E-state index in [1.54, 1.807) is 49.4 Å². The third-order valence-electron chi connectivity index (χ3n) is 6.44. The number of hydrogen-bond acceptors (Lipinski definition) is 8. The molecule has 0 aliphatic carbocycles. The van der Waals surface area contributed by atoms with Crippen molar-refractivity contribution in [3.8, 4) is 0 Å². The van der Waals surface area contributed by atoms with E-state index in [1.165, 1.54) is 21.3 Å². The molecule has 0 saturated carbocycles. The molecule has 6 rings (SSSR count). The molecular formula is C25H21N3O7S. The molecule has 10 nitrogen and oxygen atoms in total. The molecule has 0 N–H and O–H groups in total. The lowest BCUT2D eigenvalue weighted by molar-refractivity contribution is 0.0730. The van der Waals surface area contributed by atoms with Gasteiger partial charge in [0.05, 0.1) is 35.1 Å². The number of carbonyl (C=O) groups is 1. The molecule has 0 spiro atoms. The van der Waals surface area contributed by atoms with E-state index in [1.807, 2.05) is 0 Å². The van der Waals surface area contributed by atoms with E-state index in [2.05, 4.69) is 5.16 Å². The van der Waals surface area contributed by atoms with Crippen LogP contribution in [0.15, 0.2) is 73.2 Å². The molecule has 0 bridgehead atoms. The number of aromatic nitrogens is 1. The van der Waals surface area contributed by atoms with Crippen molar-refractivity contribution in [1.29, 1.82) is 0 Å². The Bertz CT molecular complexity index is 1650. The summed E-state index contributed by atoms with van der Waals surface area (Å²) in [5.41, 5.74) is 0.672. The zero-order chi connectivity index (χ0) is 25.0. The van der Waals surface area contributed by atoms with Crippen LogP contribution in [-0.4, -0.2) is 50.1 Å². The molecule has 184 valence electrons. The van der Waals surface area contributed by atoms with Crippen LogP contribution in [0.2, 0.25) is 0 Å². The normalized spacial score (nSPS) is 18.6. The standard InChI is InChI=1S/C25H21N3O7S/c1-15-14-20(26-35-15)28-22(21-23(29)18-4-2-3-5-19(18)34-24(21)25(28)30)16-6-8-17(9-7-16)36(31,32)27-10-12-33-13-11-27/h2-9,14,22H,10-13H2,1H3. The highest BCUT2D eigenvalue weighted by Crippen LogP contribution is 2.41. The van der Waals surface area contributed by atoms with Crippen molar-refractivity contribution in [3.05, 3.63) is 87.5 Å². The Kier molecular flexibility index (Phi) is 5.29.